The summed E-state index contributed by atoms with van der Waals surface area (Å²) in [5.41, 5.74) is 0.662. The second-order valence-electron chi connectivity index (χ2n) is 4.50. The first-order valence-corrected chi connectivity index (χ1v) is 7.31. The van der Waals surface area contributed by atoms with Crippen LogP contribution in [-0.2, 0) is 0 Å². The lowest BCUT2D eigenvalue weighted by molar-refractivity contribution is 0.0686. The van der Waals surface area contributed by atoms with Crippen molar-refractivity contribution in [2.45, 2.75) is 12.8 Å². The minimum Gasteiger partial charge on any atom is -0.478 e. The van der Waals surface area contributed by atoms with Crippen LogP contribution in [0.1, 0.15) is 33.6 Å². The summed E-state index contributed by atoms with van der Waals surface area (Å²) in [5, 5.41) is 32.9. The third-order valence-corrected chi connectivity index (χ3v) is 2.61. The largest absolute Gasteiger partial charge is 0.478 e. The van der Waals surface area contributed by atoms with E-state index < -0.39 is 11.9 Å². The van der Waals surface area contributed by atoms with Crippen molar-refractivity contribution in [3.8, 4) is 0 Å². The molecule has 4 N–H and O–H groups in total. The maximum absolute atomic E-state index is 10.2. The van der Waals surface area contributed by atoms with Crippen LogP contribution in [0.2, 0.25) is 0 Å². The zero-order chi connectivity index (χ0) is 18.2. The number of carboxylic acids is 2. The molecule has 2 aromatic carbocycles. The van der Waals surface area contributed by atoms with Gasteiger partial charge in [-0.1, -0.05) is 36.4 Å². The molecule has 0 radical (unpaired) electrons. The smallest absolute Gasteiger partial charge is 0.335 e. The van der Waals surface area contributed by atoms with Crippen molar-refractivity contribution in [1.29, 1.82) is 0 Å². The van der Waals surface area contributed by atoms with E-state index in [1.165, 1.54) is 0 Å². The van der Waals surface area contributed by atoms with Gasteiger partial charge in [0.1, 0.15) is 0 Å². The Hall–Kier alpha value is -2.70. The van der Waals surface area contributed by atoms with Gasteiger partial charge < -0.3 is 20.4 Å². The minimum atomic E-state index is -0.879. The lowest BCUT2D eigenvalue weighted by atomic mass is 10.2. The van der Waals surface area contributed by atoms with E-state index in [0.717, 1.165) is 12.8 Å². The van der Waals surface area contributed by atoms with E-state index in [9.17, 15) is 9.59 Å². The molecule has 2 aromatic rings. The number of carboxylic acid groups (broad SMARTS) is 2. The molecule has 0 spiro atoms. The Morgan fingerprint density at radius 3 is 1.08 bits per heavy atom. The van der Waals surface area contributed by atoms with Gasteiger partial charge in [0.2, 0.25) is 0 Å². The molecule has 6 heteroatoms. The highest BCUT2D eigenvalue weighted by molar-refractivity contribution is 5.87. The average molecular weight is 334 g/mol. The van der Waals surface area contributed by atoms with Crippen LogP contribution in [-0.4, -0.2) is 45.6 Å². The predicted molar refractivity (Wildman–Crippen MR) is 90.2 cm³/mol. The summed E-state index contributed by atoms with van der Waals surface area (Å²) in [4.78, 5) is 20.4. The van der Waals surface area contributed by atoms with Gasteiger partial charge in [0, 0.05) is 13.2 Å². The summed E-state index contributed by atoms with van der Waals surface area (Å²) in [6.07, 6.45) is 1.44. The number of benzene rings is 2. The van der Waals surface area contributed by atoms with E-state index in [2.05, 4.69) is 0 Å². The Labute approximate surface area is 140 Å². The molecule has 0 aliphatic heterocycles. The van der Waals surface area contributed by atoms with E-state index in [1.54, 1.807) is 60.7 Å². The molecule has 0 atom stereocenters. The number of unbranched alkanes of at least 4 members (excludes halogenated alkanes) is 1. The topological polar surface area (TPSA) is 115 Å². The van der Waals surface area contributed by atoms with Gasteiger partial charge in [-0.15, -0.1) is 0 Å². The van der Waals surface area contributed by atoms with Gasteiger partial charge in [-0.25, -0.2) is 9.59 Å². The highest BCUT2D eigenvalue weighted by Crippen LogP contribution is 1.96. The van der Waals surface area contributed by atoms with E-state index in [0.29, 0.717) is 11.1 Å². The molecular weight excluding hydrogens is 312 g/mol. The van der Waals surface area contributed by atoms with Crippen LogP contribution in [0.15, 0.2) is 60.7 Å². The second kappa shape index (κ2) is 13.9. The predicted octanol–water partition coefficient (Wildman–Crippen LogP) is 2.52. The quantitative estimate of drug-likeness (QED) is 0.625. The van der Waals surface area contributed by atoms with Gasteiger partial charge in [-0.2, -0.15) is 0 Å². The summed E-state index contributed by atoms with van der Waals surface area (Å²) < 4.78 is 0. The first kappa shape index (κ1) is 21.3. The Kier molecular flexibility index (Phi) is 12.4. The first-order chi connectivity index (χ1) is 11.5. The van der Waals surface area contributed by atoms with E-state index >= 15 is 0 Å². The number of hydrogen-bond acceptors (Lipinski definition) is 4. The fraction of sp³-hybridized carbons (Fsp3) is 0.222. The molecule has 0 fully saturated rings. The molecule has 0 unspecified atom stereocenters. The van der Waals surface area contributed by atoms with Crippen molar-refractivity contribution in [2.75, 3.05) is 13.2 Å². The molecule has 0 bridgehead atoms. The summed E-state index contributed by atoms with van der Waals surface area (Å²) >= 11 is 0. The van der Waals surface area contributed by atoms with Gasteiger partial charge in [-0.05, 0) is 37.1 Å². The third kappa shape index (κ3) is 10.9. The Balaban J connectivity index is 0.000000340. The van der Waals surface area contributed by atoms with Crippen LogP contribution in [0.3, 0.4) is 0 Å². The third-order valence-electron chi connectivity index (χ3n) is 2.61. The van der Waals surface area contributed by atoms with E-state index in [4.69, 9.17) is 20.4 Å². The Bertz CT molecular complexity index is 515. The molecule has 6 nitrogen and oxygen atoms in total. The molecule has 0 aliphatic carbocycles. The molecule has 0 saturated heterocycles. The van der Waals surface area contributed by atoms with Crippen molar-refractivity contribution >= 4 is 11.9 Å². The van der Waals surface area contributed by atoms with E-state index in [-0.39, 0.29) is 13.2 Å². The maximum atomic E-state index is 10.2. The number of hydrogen-bond donors (Lipinski definition) is 4. The standard InChI is InChI=1S/2C7H6O2.C4H10O2/c2*8-7(9)6-4-2-1-3-5-6;5-3-1-2-4-6/h2*1-5H,(H,8,9);5-6H,1-4H2. The molecule has 0 aliphatic rings. The van der Waals surface area contributed by atoms with Gasteiger partial charge >= 0.3 is 11.9 Å². The highest BCUT2D eigenvalue weighted by atomic mass is 16.4. The number of aliphatic hydroxyl groups excluding tert-OH is 2. The van der Waals surface area contributed by atoms with Crippen molar-refractivity contribution in [3.05, 3.63) is 71.8 Å². The van der Waals surface area contributed by atoms with E-state index in [1.807, 2.05) is 0 Å². The number of rotatable bonds is 5. The molecular formula is C18H22O6. The van der Waals surface area contributed by atoms with Crippen molar-refractivity contribution in [1.82, 2.24) is 0 Å². The van der Waals surface area contributed by atoms with Gasteiger partial charge in [-0.3, -0.25) is 0 Å². The normalized spacial score (nSPS) is 8.92. The summed E-state index contributed by atoms with van der Waals surface area (Å²) in [6.45, 7) is 0.390. The minimum absolute atomic E-state index is 0.195. The second-order valence-corrected chi connectivity index (χ2v) is 4.50. The van der Waals surface area contributed by atoms with Crippen LogP contribution in [0.4, 0.5) is 0 Å². The lowest BCUT2D eigenvalue weighted by Gasteiger charge is -1.88. The summed E-state index contributed by atoms with van der Waals surface area (Å²) in [7, 11) is 0. The SMILES string of the molecule is O=C(O)c1ccccc1.O=C(O)c1ccccc1.OCCCCO. The van der Waals surface area contributed by atoms with Crippen molar-refractivity contribution < 1.29 is 30.0 Å². The molecule has 0 heterocycles. The molecule has 0 amide bonds. The van der Waals surface area contributed by atoms with Gasteiger partial charge in [0.25, 0.3) is 0 Å². The Morgan fingerprint density at radius 1 is 0.625 bits per heavy atom. The van der Waals surface area contributed by atoms with Crippen LogP contribution in [0.25, 0.3) is 0 Å². The van der Waals surface area contributed by atoms with Crippen LogP contribution >= 0.6 is 0 Å². The number of aliphatic hydroxyl groups is 2. The summed E-state index contributed by atoms with van der Waals surface area (Å²) in [6, 6.07) is 16.6. The fourth-order valence-corrected chi connectivity index (χ4v) is 1.39. The zero-order valence-electron chi connectivity index (χ0n) is 13.2. The first-order valence-electron chi connectivity index (χ1n) is 7.31. The summed E-state index contributed by atoms with van der Waals surface area (Å²) in [5.74, 6) is -1.76. The zero-order valence-corrected chi connectivity index (χ0v) is 13.2. The van der Waals surface area contributed by atoms with Crippen molar-refractivity contribution in [2.24, 2.45) is 0 Å². The average Bonchev–Trinajstić information content (AvgIpc) is 2.62. The number of aromatic carboxylic acids is 2. The van der Waals surface area contributed by atoms with Crippen LogP contribution < -0.4 is 0 Å². The molecule has 0 saturated carbocycles. The molecule has 130 valence electrons. The maximum Gasteiger partial charge on any atom is 0.335 e. The lowest BCUT2D eigenvalue weighted by Crippen LogP contribution is -1.93. The van der Waals surface area contributed by atoms with Gasteiger partial charge in [0.05, 0.1) is 11.1 Å². The van der Waals surface area contributed by atoms with Crippen LogP contribution in [0, 0.1) is 0 Å². The van der Waals surface area contributed by atoms with Crippen molar-refractivity contribution in [3.63, 3.8) is 0 Å². The molecule has 0 aromatic heterocycles. The highest BCUT2D eigenvalue weighted by Gasteiger charge is 1.97. The fourth-order valence-electron chi connectivity index (χ4n) is 1.39. The molecule has 2 rings (SSSR count). The van der Waals surface area contributed by atoms with Crippen LogP contribution in [0.5, 0.6) is 0 Å². The molecule has 24 heavy (non-hydrogen) atoms. The Morgan fingerprint density at radius 2 is 0.917 bits per heavy atom. The monoisotopic (exact) mass is 334 g/mol. The number of carbonyl (C=O) groups is 2. The van der Waals surface area contributed by atoms with Gasteiger partial charge in [0.15, 0.2) is 0 Å².